The highest BCUT2D eigenvalue weighted by Gasteiger charge is 2.33. The normalized spacial score (nSPS) is 15.3. The van der Waals surface area contributed by atoms with Crippen LogP contribution in [0.25, 0.3) is 17.0 Å². The number of hydrogen-bond donors (Lipinski definition) is 0. The van der Waals surface area contributed by atoms with Gasteiger partial charge in [0.05, 0.1) is 29.5 Å². The van der Waals surface area contributed by atoms with Crippen molar-refractivity contribution in [2.45, 2.75) is 19.5 Å². The first kappa shape index (κ1) is 26.0. The number of nitrogens with zero attached hydrogens (tertiary/aromatic N) is 3. The lowest BCUT2D eigenvalue weighted by Crippen LogP contribution is -2.39. The van der Waals surface area contributed by atoms with Gasteiger partial charge in [-0.25, -0.2) is 14.2 Å². The van der Waals surface area contributed by atoms with Crippen LogP contribution in [0.15, 0.2) is 93.3 Å². The van der Waals surface area contributed by atoms with Crippen molar-refractivity contribution in [2.24, 2.45) is 4.99 Å². The molecule has 0 fully saturated rings. The summed E-state index contributed by atoms with van der Waals surface area (Å²) in [6, 6.07) is 17.4. The number of fused-ring (bicyclic) bond motifs is 2. The molecule has 0 aliphatic carbocycles. The zero-order chi connectivity index (χ0) is 27.8. The van der Waals surface area contributed by atoms with Gasteiger partial charge in [0.15, 0.2) is 16.4 Å². The van der Waals surface area contributed by atoms with Gasteiger partial charge in [-0.15, -0.1) is 11.3 Å². The zero-order valence-corrected chi connectivity index (χ0v) is 23.3. The SMILES string of the molecule is COC(=O)C1=C(C)N=c2sc(=Cc3cn(CCOc4ccccc4F)c4ccccc34)c(=O)n2C1c1cccs1. The molecule has 0 radical (unpaired) electrons. The molecule has 0 N–H and O–H groups in total. The first-order chi connectivity index (χ1) is 19.5. The minimum absolute atomic E-state index is 0.210. The van der Waals surface area contributed by atoms with Gasteiger partial charge < -0.3 is 14.0 Å². The predicted octanol–water partition coefficient (Wildman–Crippen LogP) is 4.64. The zero-order valence-electron chi connectivity index (χ0n) is 21.7. The minimum atomic E-state index is -0.609. The summed E-state index contributed by atoms with van der Waals surface area (Å²) in [6.45, 7) is 2.53. The van der Waals surface area contributed by atoms with Crippen LogP contribution in [-0.2, 0) is 16.1 Å². The van der Waals surface area contributed by atoms with Crippen molar-refractivity contribution >= 4 is 45.6 Å². The summed E-state index contributed by atoms with van der Waals surface area (Å²) in [5.41, 5.74) is 2.50. The number of rotatable bonds is 7. The van der Waals surface area contributed by atoms with Crippen molar-refractivity contribution in [3.8, 4) is 5.75 Å². The maximum absolute atomic E-state index is 14.0. The summed E-state index contributed by atoms with van der Waals surface area (Å²) in [5, 5.41) is 2.89. The third-order valence-corrected chi connectivity index (χ3v) is 8.68. The van der Waals surface area contributed by atoms with Gasteiger partial charge in [-0.3, -0.25) is 9.36 Å². The fourth-order valence-electron chi connectivity index (χ4n) is 4.94. The molecule has 0 amide bonds. The standard InChI is InChI=1S/C30H24FN3O4S2/c1-18-26(29(36)37-2)27(24-12-7-15-39-24)34-28(35)25(40-30(34)32-18)16-19-17-33(22-10-5-3-8-20(19)22)13-14-38-23-11-6-4-9-21(23)31/h3-12,15-17,27H,13-14H2,1-2H3. The number of benzene rings is 2. The van der Waals surface area contributed by atoms with Crippen molar-refractivity contribution in [1.29, 1.82) is 0 Å². The van der Waals surface area contributed by atoms with Crippen molar-refractivity contribution in [3.63, 3.8) is 0 Å². The number of allylic oxidation sites excluding steroid dienone is 1. The van der Waals surface area contributed by atoms with Crippen LogP contribution in [0.3, 0.4) is 0 Å². The molecule has 3 aromatic heterocycles. The molecule has 0 saturated carbocycles. The molecule has 4 heterocycles. The van der Waals surface area contributed by atoms with Crippen LogP contribution < -0.4 is 19.6 Å². The lowest BCUT2D eigenvalue weighted by Gasteiger charge is -2.22. The number of carbonyl (C=O) groups excluding carboxylic acids is 1. The maximum Gasteiger partial charge on any atom is 0.338 e. The molecule has 1 aliphatic heterocycles. The Kier molecular flexibility index (Phi) is 6.95. The quantitative estimate of drug-likeness (QED) is 0.266. The van der Waals surface area contributed by atoms with Crippen molar-refractivity contribution in [1.82, 2.24) is 9.13 Å². The summed E-state index contributed by atoms with van der Waals surface area (Å²) in [7, 11) is 1.33. The molecule has 1 atom stereocenters. The van der Waals surface area contributed by atoms with E-state index in [1.165, 1.54) is 35.8 Å². The van der Waals surface area contributed by atoms with Gasteiger partial charge in [-0.1, -0.05) is 47.7 Å². The fourth-order valence-corrected chi connectivity index (χ4v) is 6.80. The molecule has 10 heteroatoms. The van der Waals surface area contributed by atoms with Crippen LogP contribution in [0.1, 0.15) is 23.4 Å². The number of methoxy groups -OCH3 is 1. The Morgan fingerprint density at radius 3 is 2.70 bits per heavy atom. The van der Waals surface area contributed by atoms with E-state index in [4.69, 9.17) is 9.47 Å². The van der Waals surface area contributed by atoms with Crippen LogP contribution >= 0.6 is 22.7 Å². The van der Waals surface area contributed by atoms with Crippen LogP contribution in [0, 0.1) is 5.82 Å². The first-order valence-corrected chi connectivity index (χ1v) is 14.3. The third kappa shape index (κ3) is 4.59. The van der Waals surface area contributed by atoms with E-state index in [1.54, 1.807) is 29.7 Å². The van der Waals surface area contributed by atoms with E-state index >= 15 is 0 Å². The summed E-state index contributed by atoms with van der Waals surface area (Å²) in [6.07, 6.45) is 3.83. The predicted molar refractivity (Wildman–Crippen MR) is 154 cm³/mol. The molecule has 7 nitrogen and oxygen atoms in total. The second-order valence-corrected chi connectivity index (χ2v) is 11.2. The molecule has 2 aromatic carbocycles. The van der Waals surface area contributed by atoms with Crippen molar-refractivity contribution in [3.05, 3.63) is 119 Å². The van der Waals surface area contributed by atoms with E-state index in [-0.39, 0.29) is 17.9 Å². The highest BCUT2D eigenvalue weighted by atomic mass is 32.1. The average Bonchev–Trinajstić information content (AvgIpc) is 3.68. The van der Waals surface area contributed by atoms with Gasteiger partial charge >= 0.3 is 5.97 Å². The van der Waals surface area contributed by atoms with E-state index in [1.807, 2.05) is 58.6 Å². The number of halogens is 1. The number of hydrogen-bond acceptors (Lipinski definition) is 7. The van der Waals surface area contributed by atoms with Crippen LogP contribution in [0.5, 0.6) is 5.75 Å². The highest BCUT2D eigenvalue weighted by Crippen LogP contribution is 2.33. The van der Waals surface area contributed by atoms with E-state index in [0.717, 1.165) is 21.3 Å². The van der Waals surface area contributed by atoms with E-state index in [2.05, 4.69) is 4.99 Å². The number of thiazole rings is 1. The van der Waals surface area contributed by atoms with Crippen LogP contribution in [-0.4, -0.2) is 28.8 Å². The average molecular weight is 574 g/mol. The van der Waals surface area contributed by atoms with Crippen LogP contribution in [0.2, 0.25) is 0 Å². The summed E-state index contributed by atoms with van der Waals surface area (Å²) >= 11 is 2.76. The Morgan fingerprint density at radius 1 is 1.12 bits per heavy atom. The Hall–Kier alpha value is -4.28. The smallest absolute Gasteiger partial charge is 0.338 e. The van der Waals surface area contributed by atoms with Crippen LogP contribution in [0.4, 0.5) is 4.39 Å². The number of thiophene rings is 1. The monoisotopic (exact) mass is 573 g/mol. The van der Waals surface area contributed by atoms with E-state index < -0.39 is 17.8 Å². The Bertz CT molecular complexity index is 1950. The Balaban J connectivity index is 1.41. The highest BCUT2D eigenvalue weighted by molar-refractivity contribution is 7.10. The minimum Gasteiger partial charge on any atom is -0.489 e. The molecule has 40 heavy (non-hydrogen) atoms. The van der Waals surface area contributed by atoms with Gasteiger partial charge in [0.2, 0.25) is 0 Å². The summed E-state index contributed by atoms with van der Waals surface area (Å²) in [4.78, 5) is 32.6. The molecule has 5 aromatic rings. The molecule has 6 rings (SSSR count). The van der Waals surface area contributed by atoms with Crippen molar-refractivity contribution in [2.75, 3.05) is 13.7 Å². The van der Waals surface area contributed by atoms with Gasteiger partial charge in [0, 0.05) is 27.5 Å². The lowest BCUT2D eigenvalue weighted by molar-refractivity contribution is -0.136. The molecule has 1 unspecified atom stereocenters. The topological polar surface area (TPSA) is 74.8 Å². The number of para-hydroxylation sites is 2. The molecule has 0 bridgehead atoms. The lowest BCUT2D eigenvalue weighted by atomic mass is 10.0. The summed E-state index contributed by atoms with van der Waals surface area (Å²) < 4.78 is 28.8. The second kappa shape index (κ2) is 10.7. The summed E-state index contributed by atoms with van der Waals surface area (Å²) in [5.74, 6) is -0.695. The maximum atomic E-state index is 14.0. The Labute approximate surface area is 236 Å². The Morgan fingerprint density at radius 2 is 1.93 bits per heavy atom. The molecule has 202 valence electrons. The van der Waals surface area contributed by atoms with Gasteiger partial charge in [-0.05, 0) is 42.6 Å². The molecule has 0 saturated heterocycles. The van der Waals surface area contributed by atoms with Gasteiger partial charge in [0.25, 0.3) is 5.56 Å². The van der Waals surface area contributed by atoms with E-state index in [0.29, 0.717) is 27.1 Å². The van der Waals surface area contributed by atoms with E-state index in [9.17, 15) is 14.0 Å². The molecular weight excluding hydrogens is 549 g/mol. The molecule has 0 spiro atoms. The number of esters is 1. The molecular formula is C30H24FN3O4S2. The van der Waals surface area contributed by atoms with Crippen molar-refractivity contribution < 1.29 is 18.7 Å². The third-order valence-electron chi connectivity index (χ3n) is 6.77. The number of carbonyl (C=O) groups is 1. The molecule has 1 aliphatic rings. The first-order valence-electron chi connectivity index (χ1n) is 12.6. The van der Waals surface area contributed by atoms with Gasteiger partial charge in [0.1, 0.15) is 12.6 Å². The van der Waals surface area contributed by atoms with Gasteiger partial charge in [-0.2, -0.15) is 0 Å². The number of ether oxygens (including phenoxy) is 2. The fraction of sp³-hybridized carbons (Fsp3) is 0.167. The largest absolute Gasteiger partial charge is 0.489 e. The number of aromatic nitrogens is 2. The second-order valence-electron chi connectivity index (χ2n) is 9.16.